The van der Waals surface area contributed by atoms with Crippen molar-refractivity contribution in [2.45, 2.75) is 63.9 Å². The van der Waals surface area contributed by atoms with Gasteiger partial charge < -0.3 is 5.32 Å². The fourth-order valence-electron chi connectivity index (χ4n) is 2.84. The van der Waals surface area contributed by atoms with Crippen LogP contribution in [0.15, 0.2) is 34.2 Å². The third kappa shape index (κ3) is 4.60. The van der Waals surface area contributed by atoms with E-state index in [-0.39, 0.29) is 28.6 Å². The number of rotatable bonds is 7. The Balaban J connectivity index is 2.34. The average molecular weight is 365 g/mol. The first kappa shape index (κ1) is 19.4. The maximum Gasteiger partial charge on any atom is 0.263 e. The maximum absolute atomic E-state index is 12.7. The highest BCUT2D eigenvalue weighted by atomic mass is 32.2. The predicted molar refractivity (Wildman–Crippen MR) is 99.1 cm³/mol. The molecule has 138 valence electrons. The third-order valence-corrected chi connectivity index (χ3v) is 5.67. The highest BCUT2D eigenvalue weighted by Crippen LogP contribution is 2.23. The van der Waals surface area contributed by atoms with Crippen LogP contribution in [0.3, 0.4) is 0 Å². The van der Waals surface area contributed by atoms with Gasteiger partial charge in [0.05, 0.1) is 4.90 Å². The second-order valence-electron chi connectivity index (χ2n) is 6.75. The topological polar surface area (TPSA) is 87.6 Å². The molecule has 0 unspecified atom stereocenters. The number of benzene rings is 1. The summed E-state index contributed by atoms with van der Waals surface area (Å²) in [5.41, 5.74) is 0.520. The van der Waals surface area contributed by atoms with E-state index >= 15 is 0 Å². The van der Waals surface area contributed by atoms with Crippen LogP contribution in [0.2, 0.25) is 0 Å². The molecule has 25 heavy (non-hydrogen) atoms. The molecule has 0 fully saturated rings. The van der Waals surface area contributed by atoms with Gasteiger partial charge in [-0.3, -0.25) is 14.5 Å². The van der Waals surface area contributed by atoms with E-state index in [0.717, 1.165) is 12.8 Å². The van der Waals surface area contributed by atoms with Gasteiger partial charge in [-0.25, -0.2) is 8.42 Å². The van der Waals surface area contributed by atoms with Gasteiger partial charge in [0.1, 0.15) is 11.9 Å². The molecule has 0 radical (unpaired) electrons. The van der Waals surface area contributed by atoms with Crippen molar-refractivity contribution in [1.29, 1.82) is 0 Å². The van der Waals surface area contributed by atoms with E-state index in [9.17, 15) is 13.2 Å². The van der Waals surface area contributed by atoms with Gasteiger partial charge in [0.2, 0.25) is 5.91 Å². The van der Waals surface area contributed by atoms with Crippen molar-refractivity contribution in [3.8, 4) is 0 Å². The van der Waals surface area contributed by atoms with Crippen LogP contribution in [-0.2, 0) is 14.8 Å². The van der Waals surface area contributed by atoms with E-state index in [0.29, 0.717) is 12.0 Å². The Bertz CT molecular complexity index is 753. The van der Waals surface area contributed by atoms with Crippen molar-refractivity contribution in [3.05, 3.63) is 29.8 Å². The van der Waals surface area contributed by atoms with Crippen molar-refractivity contribution in [3.63, 3.8) is 0 Å². The van der Waals surface area contributed by atoms with Crippen molar-refractivity contribution in [1.82, 2.24) is 10.0 Å². The standard InChI is InChI=1S/C18H27N3O3S/c1-5-13(6-2)19-18(22)15(11-12(3)4)20-17-14-9-7-8-10-16(14)25(23,24)21-17/h7-10,12-13,15H,5-6,11H2,1-4H3,(H,19,22)(H,20,21)/t15-/m0/s1. The molecule has 7 heteroatoms. The molecule has 1 aliphatic heterocycles. The van der Waals surface area contributed by atoms with E-state index in [1.54, 1.807) is 24.3 Å². The second kappa shape index (κ2) is 7.99. The highest BCUT2D eigenvalue weighted by Gasteiger charge is 2.32. The first-order chi connectivity index (χ1) is 11.8. The smallest absolute Gasteiger partial charge is 0.263 e. The summed E-state index contributed by atoms with van der Waals surface area (Å²) in [6, 6.07) is 6.17. The van der Waals surface area contributed by atoms with E-state index in [2.05, 4.69) is 15.0 Å². The molecule has 0 saturated carbocycles. The number of nitrogens with zero attached hydrogens (tertiary/aromatic N) is 1. The molecule has 1 aliphatic rings. The monoisotopic (exact) mass is 365 g/mol. The Morgan fingerprint density at radius 2 is 1.84 bits per heavy atom. The summed E-state index contributed by atoms with van der Waals surface area (Å²) in [5, 5.41) is 3.02. The number of aliphatic imine (C=N–C) groups is 1. The van der Waals surface area contributed by atoms with Gasteiger partial charge in [-0.15, -0.1) is 0 Å². The lowest BCUT2D eigenvalue weighted by Gasteiger charge is -2.20. The molecule has 1 aromatic carbocycles. The van der Waals surface area contributed by atoms with Crippen molar-refractivity contribution >= 4 is 21.8 Å². The number of hydrogen-bond acceptors (Lipinski definition) is 4. The summed E-state index contributed by atoms with van der Waals surface area (Å²) in [4.78, 5) is 17.4. The third-order valence-electron chi connectivity index (χ3n) is 4.28. The maximum atomic E-state index is 12.7. The van der Waals surface area contributed by atoms with Gasteiger partial charge in [-0.1, -0.05) is 39.8 Å². The van der Waals surface area contributed by atoms with Crippen LogP contribution in [0, 0.1) is 5.92 Å². The van der Waals surface area contributed by atoms with Crippen molar-refractivity contribution in [2.24, 2.45) is 10.9 Å². The van der Waals surface area contributed by atoms with Gasteiger partial charge in [-0.05, 0) is 37.3 Å². The van der Waals surface area contributed by atoms with Gasteiger partial charge in [0.15, 0.2) is 0 Å². The summed E-state index contributed by atoms with van der Waals surface area (Å²) >= 11 is 0. The Morgan fingerprint density at radius 1 is 1.20 bits per heavy atom. The summed E-state index contributed by atoms with van der Waals surface area (Å²) in [6.45, 7) is 8.09. The molecule has 0 saturated heterocycles. The number of nitrogens with one attached hydrogen (secondary N) is 2. The molecule has 2 N–H and O–H groups in total. The number of fused-ring (bicyclic) bond motifs is 1. The lowest BCUT2D eigenvalue weighted by atomic mass is 10.0. The zero-order chi connectivity index (χ0) is 18.6. The molecule has 1 amide bonds. The summed E-state index contributed by atoms with van der Waals surface area (Å²) in [6.07, 6.45) is 2.25. The Kier molecular flexibility index (Phi) is 6.21. The minimum absolute atomic E-state index is 0.106. The molecular formula is C18H27N3O3S. The second-order valence-corrected chi connectivity index (χ2v) is 8.40. The van der Waals surface area contributed by atoms with Crippen LogP contribution >= 0.6 is 0 Å². The summed E-state index contributed by atoms with van der Waals surface area (Å²) in [7, 11) is -3.60. The fourth-order valence-corrected chi connectivity index (χ4v) is 4.08. The molecule has 0 aromatic heterocycles. The van der Waals surface area contributed by atoms with E-state index in [1.165, 1.54) is 0 Å². The summed E-state index contributed by atoms with van der Waals surface area (Å²) in [5.74, 6) is 0.356. The molecular weight excluding hydrogens is 338 g/mol. The highest BCUT2D eigenvalue weighted by molar-refractivity contribution is 7.90. The van der Waals surface area contributed by atoms with Crippen LogP contribution in [0.1, 0.15) is 52.5 Å². The van der Waals surface area contributed by atoms with E-state index in [4.69, 9.17) is 0 Å². The summed E-state index contributed by atoms with van der Waals surface area (Å²) < 4.78 is 26.9. The van der Waals surface area contributed by atoms with Crippen LogP contribution < -0.4 is 10.0 Å². The van der Waals surface area contributed by atoms with Crippen LogP contribution in [0.5, 0.6) is 0 Å². The molecule has 0 spiro atoms. The minimum atomic E-state index is -3.60. The van der Waals surface area contributed by atoms with E-state index in [1.807, 2.05) is 27.7 Å². The predicted octanol–water partition coefficient (Wildman–Crippen LogP) is 2.44. The van der Waals surface area contributed by atoms with Crippen molar-refractivity contribution < 1.29 is 13.2 Å². The van der Waals surface area contributed by atoms with Crippen LogP contribution in [0.25, 0.3) is 0 Å². The number of sulfonamides is 1. The average Bonchev–Trinajstić information content (AvgIpc) is 2.82. The number of carbonyl (C=O) groups excluding carboxylic acids is 1. The fraction of sp³-hybridized carbons (Fsp3) is 0.556. The Morgan fingerprint density at radius 3 is 2.44 bits per heavy atom. The first-order valence-electron chi connectivity index (χ1n) is 8.78. The first-order valence-corrected chi connectivity index (χ1v) is 10.3. The minimum Gasteiger partial charge on any atom is -0.352 e. The molecule has 1 atom stereocenters. The number of hydrogen-bond donors (Lipinski definition) is 2. The Hall–Kier alpha value is -1.89. The van der Waals surface area contributed by atoms with Gasteiger partial charge in [0, 0.05) is 11.6 Å². The van der Waals surface area contributed by atoms with Crippen LogP contribution in [0.4, 0.5) is 0 Å². The number of amides is 1. The molecule has 0 bridgehead atoms. The molecule has 6 nitrogen and oxygen atoms in total. The van der Waals surface area contributed by atoms with Crippen LogP contribution in [-0.4, -0.2) is 32.2 Å². The van der Waals surface area contributed by atoms with Crippen molar-refractivity contribution in [2.75, 3.05) is 0 Å². The normalized spacial score (nSPS) is 18.2. The SMILES string of the molecule is CCC(CC)NC(=O)[C@H](CC(C)C)N=C1NS(=O)(=O)c2ccccc21. The zero-order valence-electron chi connectivity index (χ0n) is 15.2. The van der Waals surface area contributed by atoms with Gasteiger partial charge in [0.25, 0.3) is 10.0 Å². The molecule has 0 aliphatic carbocycles. The number of carbonyl (C=O) groups is 1. The largest absolute Gasteiger partial charge is 0.352 e. The van der Waals surface area contributed by atoms with Gasteiger partial charge >= 0.3 is 0 Å². The molecule has 2 rings (SSSR count). The van der Waals surface area contributed by atoms with E-state index < -0.39 is 16.1 Å². The lowest BCUT2D eigenvalue weighted by molar-refractivity contribution is -0.123. The molecule has 1 heterocycles. The lowest BCUT2D eigenvalue weighted by Crippen LogP contribution is -2.41. The van der Waals surface area contributed by atoms with Gasteiger partial charge in [-0.2, -0.15) is 0 Å². The molecule has 1 aromatic rings. The zero-order valence-corrected chi connectivity index (χ0v) is 16.1. The Labute approximate surface area is 150 Å². The number of amidine groups is 1. The quantitative estimate of drug-likeness (QED) is 0.778.